The minimum atomic E-state index is -1.51. The Kier molecular flexibility index (Phi) is 5.72. The number of pyridine rings is 1. The SMILES string of the molecule is N#CC1(c2ccc3nn(Cc4cc([C@@H]5O[C@H](CO)[C@@H](O)[C@H](O)[C@@H]5O)ccc4Cl)c(=O)n3c2)CC1. The number of halogens is 1. The van der Waals surface area contributed by atoms with Gasteiger partial charge >= 0.3 is 5.69 Å². The molecular weight excluding hydrogens is 464 g/mol. The van der Waals surface area contributed by atoms with Crippen LogP contribution >= 0.6 is 11.6 Å². The average Bonchev–Trinajstić information content (AvgIpc) is 3.59. The molecule has 2 aromatic heterocycles. The third-order valence-electron chi connectivity index (χ3n) is 6.70. The Labute approximate surface area is 198 Å². The molecule has 178 valence electrons. The first-order valence-electron chi connectivity index (χ1n) is 10.9. The summed E-state index contributed by atoms with van der Waals surface area (Å²) in [6.07, 6.45) is -3.28. The van der Waals surface area contributed by atoms with E-state index in [1.54, 1.807) is 30.5 Å². The zero-order valence-electron chi connectivity index (χ0n) is 18.0. The lowest BCUT2D eigenvalue weighted by Gasteiger charge is -2.40. The molecule has 10 nitrogen and oxygen atoms in total. The van der Waals surface area contributed by atoms with Crippen LogP contribution in [0.3, 0.4) is 0 Å². The molecule has 3 heterocycles. The first-order valence-corrected chi connectivity index (χ1v) is 11.3. The van der Waals surface area contributed by atoms with Gasteiger partial charge in [-0.2, -0.15) is 5.26 Å². The van der Waals surface area contributed by atoms with Crippen LogP contribution in [-0.2, 0) is 16.7 Å². The van der Waals surface area contributed by atoms with Crippen molar-refractivity contribution in [2.75, 3.05) is 6.61 Å². The summed E-state index contributed by atoms with van der Waals surface area (Å²) >= 11 is 6.37. The van der Waals surface area contributed by atoms with Crippen LogP contribution in [0.15, 0.2) is 41.3 Å². The molecule has 0 spiro atoms. The minimum Gasteiger partial charge on any atom is -0.394 e. The van der Waals surface area contributed by atoms with Crippen molar-refractivity contribution in [2.45, 2.75) is 55.3 Å². The van der Waals surface area contributed by atoms with Gasteiger partial charge in [0.25, 0.3) is 0 Å². The molecule has 5 atom stereocenters. The second-order valence-corrected chi connectivity index (χ2v) is 9.29. The van der Waals surface area contributed by atoms with E-state index in [2.05, 4.69) is 11.2 Å². The van der Waals surface area contributed by atoms with Crippen molar-refractivity contribution in [2.24, 2.45) is 0 Å². The molecule has 0 bridgehead atoms. The van der Waals surface area contributed by atoms with Crippen LogP contribution in [0.25, 0.3) is 5.65 Å². The molecule has 34 heavy (non-hydrogen) atoms. The van der Waals surface area contributed by atoms with E-state index in [1.165, 1.54) is 9.08 Å². The normalized spacial score (nSPS) is 28.1. The van der Waals surface area contributed by atoms with Crippen molar-refractivity contribution < 1.29 is 25.2 Å². The van der Waals surface area contributed by atoms with Crippen LogP contribution in [0.4, 0.5) is 0 Å². The van der Waals surface area contributed by atoms with E-state index in [0.717, 1.165) is 18.4 Å². The number of hydrogen-bond donors (Lipinski definition) is 4. The molecule has 3 aromatic rings. The molecular formula is C23H23ClN4O6. The molecule has 4 N–H and O–H groups in total. The van der Waals surface area contributed by atoms with Gasteiger partial charge in [0.15, 0.2) is 5.65 Å². The van der Waals surface area contributed by atoms with E-state index >= 15 is 0 Å². The lowest BCUT2D eigenvalue weighted by atomic mass is 9.90. The molecule has 2 fully saturated rings. The van der Waals surface area contributed by atoms with Crippen LogP contribution in [0.5, 0.6) is 0 Å². The number of rotatable bonds is 5. The molecule has 0 unspecified atom stereocenters. The highest BCUT2D eigenvalue weighted by molar-refractivity contribution is 6.31. The summed E-state index contributed by atoms with van der Waals surface area (Å²) in [4.78, 5) is 13.0. The van der Waals surface area contributed by atoms with Crippen molar-refractivity contribution in [3.8, 4) is 6.07 Å². The van der Waals surface area contributed by atoms with Crippen molar-refractivity contribution >= 4 is 17.2 Å². The van der Waals surface area contributed by atoms with Crippen LogP contribution in [0.1, 0.15) is 35.6 Å². The van der Waals surface area contributed by atoms with Crippen LogP contribution < -0.4 is 5.69 Å². The van der Waals surface area contributed by atoms with E-state index in [1.807, 2.05) is 6.07 Å². The van der Waals surface area contributed by atoms with Gasteiger partial charge in [-0.05, 0) is 47.7 Å². The highest BCUT2D eigenvalue weighted by atomic mass is 35.5. The maximum absolute atomic E-state index is 13.0. The Morgan fingerprint density at radius 1 is 1.18 bits per heavy atom. The van der Waals surface area contributed by atoms with E-state index in [4.69, 9.17) is 16.3 Å². The quantitative estimate of drug-likeness (QED) is 0.401. The van der Waals surface area contributed by atoms with Gasteiger partial charge in [0.2, 0.25) is 0 Å². The monoisotopic (exact) mass is 486 g/mol. The molecule has 0 amide bonds. The maximum Gasteiger partial charge on any atom is 0.350 e. The molecule has 1 aliphatic heterocycles. The summed E-state index contributed by atoms with van der Waals surface area (Å²) in [6, 6.07) is 10.7. The third-order valence-corrected chi connectivity index (χ3v) is 7.07. The maximum atomic E-state index is 13.0. The fourth-order valence-corrected chi connectivity index (χ4v) is 4.60. The molecule has 1 saturated carbocycles. The smallest absolute Gasteiger partial charge is 0.350 e. The fraction of sp³-hybridized carbons (Fsp3) is 0.435. The van der Waals surface area contributed by atoms with E-state index < -0.39 is 42.5 Å². The summed E-state index contributed by atoms with van der Waals surface area (Å²) in [5.74, 6) is 0. The second kappa shape index (κ2) is 8.46. The summed E-state index contributed by atoms with van der Waals surface area (Å²) in [7, 11) is 0. The Bertz CT molecular complexity index is 1340. The fourth-order valence-electron chi connectivity index (χ4n) is 4.43. The van der Waals surface area contributed by atoms with Crippen molar-refractivity contribution in [1.82, 2.24) is 14.2 Å². The number of nitrogens with zero attached hydrogens (tertiary/aromatic N) is 4. The molecule has 5 rings (SSSR count). The Hall–Kier alpha value is -2.78. The van der Waals surface area contributed by atoms with Gasteiger partial charge in [-0.25, -0.2) is 13.9 Å². The number of nitriles is 1. The minimum absolute atomic E-state index is 0.0311. The number of aliphatic hydroxyl groups excluding tert-OH is 4. The molecule has 1 aromatic carbocycles. The average molecular weight is 487 g/mol. The van der Waals surface area contributed by atoms with E-state index in [-0.39, 0.29) is 12.2 Å². The summed E-state index contributed by atoms with van der Waals surface area (Å²) in [6.45, 7) is -0.503. The van der Waals surface area contributed by atoms with Gasteiger partial charge in [-0.15, -0.1) is 5.10 Å². The van der Waals surface area contributed by atoms with Gasteiger partial charge in [0.05, 0.1) is 24.6 Å². The first-order chi connectivity index (χ1) is 16.3. The Morgan fingerprint density at radius 2 is 1.94 bits per heavy atom. The van der Waals surface area contributed by atoms with Crippen molar-refractivity contribution in [3.05, 3.63) is 68.7 Å². The predicted octanol–water partition coefficient (Wildman–Crippen LogP) is 0.268. The number of ether oxygens (including phenoxy) is 1. The topological polar surface area (TPSA) is 153 Å². The largest absolute Gasteiger partial charge is 0.394 e. The summed E-state index contributed by atoms with van der Waals surface area (Å²) < 4.78 is 8.29. The van der Waals surface area contributed by atoms with Crippen LogP contribution in [0.2, 0.25) is 5.02 Å². The van der Waals surface area contributed by atoms with Gasteiger partial charge in [0, 0.05) is 11.2 Å². The highest BCUT2D eigenvalue weighted by Gasteiger charge is 2.45. The molecule has 1 aliphatic carbocycles. The molecule has 0 radical (unpaired) electrons. The predicted molar refractivity (Wildman–Crippen MR) is 119 cm³/mol. The van der Waals surface area contributed by atoms with Crippen LogP contribution in [-0.4, -0.2) is 65.6 Å². The number of hydrogen-bond acceptors (Lipinski definition) is 8. The number of aliphatic hydroxyl groups is 4. The molecule has 1 saturated heterocycles. The second-order valence-electron chi connectivity index (χ2n) is 8.88. The van der Waals surface area contributed by atoms with E-state index in [9.17, 15) is 30.5 Å². The third kappa shape index (κ3) is 3.71. The standard InChI is InChI=1S/C23H23ClN4O6/c24-15-3-1-12(21-20(32)19(31)18(30)16(10-29)34-21)7-13(15)8-28-22(33)27-9-14(2-4-17(27)26-28)23(11-25)5-6-23/h1-4,7,9,16,18-21,29-32H,5-6,8,10H2/t16-,18-,19+,20+,21+/m1/s1. The first kappa shape index (κ1) is 23.0. The van der Waals surface area contributed by atoms with E-state index in [0.29, 0.717) is 21.8 Å². The highest BCUT2D eigenvalue weighted by Crippen LogP contribution is 2.47. The lowest BCUT2D eigenvalue weighted by Crippen LogP contribution is -2.55. The number of fused-ring (bicyclic) bond motifs is 1. The zero-order chi connectivity index (χ0) is 24.2. The van der Waals surface area contributed by atoms with Gasteiger partial charge in [-0.1, -0.05) is 23.7 Å². The van der Waals surface area contributed by atoms with Crippen LogP contribution in [0, 0.1) is 11.3 Å². The molecule has 2 aliphatic rings. The Morgan fingerprint density at radius 3 is 2.62 bits per heavy atom. The Balaban J connectivity index is 1.46. The summed E-state index contributed by atoms with van der Waals surface area (Å²) in [5, 5.41) is 54.2. The van der Waals surface area contributed by atoms with Gasteiger partial charge in [0.1, 0.15) is 30.5 Å². The van der Waals surface area contributed by atoms with Gasteiger partial charge < -0.3 is 25.2 Å². The molecule has 11 heteroatoms. The number of aromatic nitrogens is 3. The zero-order valence-corrected chi connectivity index (χ0v) is 18.7. The van der Waals surface area contributed by atoms with Crippen molar-refractivity contribution in [3.63, 3.8) is 0 Å². The van der Waals surface area contributed by atoms with Gasteiger partial charge in [-0.3, -0.25) is 0 Å². The lowest BCUT2D eigenvalue weighted by molar-refractivity contribution is -0.231. The summed E-state index contributed by atoms with van der Waals surface area (Å²) in [5.41, 5.74) is 1.28. The number of benzene rings is 1. The van der Waals surface area contributed by atoms with Crippen molar-refractivity contribution in [1.29, 1.82) is 5.26 Å².